The van der Waals surface area contributed by atoms with Crippen LogP contribution in [0, 0.1) is 11.3 Å². The van der Waals surface area contributed by atoms with Gasteiger partial charge in [0.2, 0.25) is 10.3 Å². The molecule has 2 heterocycles. The number of rotatable bonds is 9. The Balaban J connectivity index is 1.45. The van der Waals surface area contributed by atoms with E-state index in [-0.39, 0.29) is 5.57 Å². The minimum absolute atomic E-state index is 0.0416. The molecule has 1 aliphatic heterocycles. The molecule has 0 saturated carbocycles. The van der Waals surface area contributed by atoms with Crippen LogP contribution in [0.3, 0.4) is 0 Å². The number of hydrogen-bond acceptors (Lipinski definition) is 8. The molecule has 0 radical (unpaired) electrons. The Kier molecular flexibility index (Phi) is 8.30. The third kappa shape index (κ3) is 6.58. The van der Waals surface area contributed by atoms with Gasteiger partial charge >= 0.3 is 0 Å². The fraction of sp³-hybridized carbons (Fsp3) is 0.308. The monoisotopic (exact) mass is 489 g/mol. The number of carbonyl (C=O) groups excluding carboxylic acids is 1. The van der Waals surface area contributed by atoms with Crippen molar-refractivity contribution in [3.63, 3.8) is 0 Å². The number of anilines is 2. The summed E-state index contributed by atoms with van der Waals surface area (Å²) in [6, 6.07) is 17.2. The van der Waals surface area contributed by atoms with Crippen molar-refractivity contribution in [3.05, 3.63) is 65.2 Å². The van der Waals surface area contributed by atoms with Crippen LogP contribution < -0.4 is 19.7 Å². The van der Waals surface area contributed by atoms with E-state index in [4.69, 9.17) is 9.47 Å². The Labute approximate surface area is 208 Å². The van der Waals surface area contributed by atoms with Crippen LogP contribution in [0.4, 0.5) is 10.3 Å². The molecule has 1 saturated heterocycles. The Morgan fingerprint density at radius 1 is 1.11 bits per heavy atom. The molecule has 4 rings (SSSR count). The SMILES string of the molecule is CCOc1cc(/C=C(/C#N)C(=O)Nc2nnc(N3CCCCC3)s2)ccc1OCc1ccccc1. The lowest BCUT2D eigenvalue weighted by Crippen LogP contribution is -2.29. The molecule has 1 amide bonds. The molecule has 2 aromatic carbocycles. The van der Waals surface area contributed by atoms with E-state index in [1.165, 1.54) is 23.8 Å². The second kappa shape index (κ2) is 12.0. The minimum Gasteiger partial charge on any atom is -0.490 e. The average molecular weight is 490 g/mol. The molecular weight excluding hydrogens is 462 g/mol. The molecule has 1 fully saturated rings. The van der Waals surface area contributed by atoms with Gasteiger partial charge in [0, 0.05) is 13.1 Å². The molecule has 0 aliphatic carbocycles. The van der Waals surface area contributed by atoms with E-state index in [0.717, 1.165) is 36.6 Å². The average Bonchev–Trinajstić information content (AvgIpc) is 3.36. The zero-order valence-electron chi connectivity index (χ0n) is 19.6. The maximum atomic E-state index is 12.7. The van der Waals surface area contributed by atoms with Crippen molar-refractivity contribution < 1.29 is 14.3 Å². The van der Waals surface area contributed by atoms with Gasteiger partial charge in [0.05, 0.1) is 6.61 Å². The van der Waals surface area contributed by atoms with Crippen molar-refractivity contribution in [2.75, 3.05) is 29.9 Å². The number of nitrogens with one attached hydrogen (secondary N) is 1. The van der Waals surface area contributed by atoms with Crippen molar-refractivity contribution in [1.82, 2.24) is 10.2 Å². The second-order valence-electron chi connectivity index (χ2n) is 7.97. The highest BCUT2D eigenvalue weighted by molar-refractivity contribution is 7.19. The van der Waals surface area contributed by atoms with E-state index in [2.05, 4.69) is 20.4 Å². The van der Waals surface area contributed by atoms with E-state index in [1.54, 1.807) is 18.2 Å². The summed E-state index contributed by atoms with van der Waals surface area (Å²) in [5, 5.41) is 21.7. The van der Waals surface area contributed by atoms with Gasteiger partial charge in [-0.05, 0) is 55.5 Å². The Morgan fingerprint density at radius 2 is 1.91 bits per heavy atom. The van der Waals surface area contributed by atoms with Gasteiger partial charge in [-0.2, -0.15) is 5.26 Å². The van der Waals surface area contributed by atoms with Gasteiger partial charge in [-0.3, -0.25) is 10.1 Å². The summed E-state index contributed by atoms with van der Waals surface area (Å²) in [6.07, 6.45) is 5.00. The lowest BCUT2D eigenvalue weighted by molar-refractivity contribution is -0.112. The molecule has 35 heavy (non-hydrogen) atoms. The van der Waals surface area contributed by atoms with Crippen molar-refractivity contribution in [1.29, 1.82) is 5.26 Å². The first kappa shape index (κ1) is 24.2. The molecule has 0 bridgehead atoms. The van der Waals surface area contributed by atoms with Gasteiger partial charge in [-0.25, -0.2) is 0 Å². The number of amides is 1. The predicted molar refractivity (Wildman–Crippen MR) is 137 cm³/mol. The van der Waals surface area contributed by atoms with Crippen molar-refractivity contribution in [2.24, 2.45) is 0 Å². The molecule has 9 heteroatoms. The number of carbonyl (C=O) groups is 1. The Hall–Kier alpha value is -3.90. The lowest BCUT2D eigenvalue weighted by Gasteiger charge is -2.25. The van der Waals surface area contributed by atoms with E-state index >= 15 is 0 Å². The first-order valence-corrected chi connectivity index (χ1v) is 12.4. The molecule has 1 aliphatic rings. The summed E-state index contributed by atoms with van der Waals surface area (Å²) >= 11 is 1.32. The Morgan fingerprint density at radius 3 is 2.66 bits per heavy atom. The highest BCUT2D eigenvalue weighted by atomic mass is 32.1. The second-order valence-corrected chi connectivity index (χ2v) is 8.93. The van der Waals surface area contributed by atoms with Crippen molar-refractivity contribution >= 4 is 33.6 Å². The van der Waals surface area contributed by atoms with E-state index < -0.39 is 5.91 Å². The quantitative estimate of drug-likeness (QED) is 0.331. The van der Waals surface area contributed by atoms with E-state index in [0.29, 0.717) is 35.4 Å². The molecule has 0 unspecified atom stereocenters. The summed E-state index contributed by atoms with van der Waals surface area (Å²) in [5.41, 5.74) is 1.65. The van der Waals surface area contributed by atoms with Gasteiger partial charge in [-0.1, -0.05) is 47.7 Å². The molecule has 1 N–H and O–H groups in total. The van der Waals surface area contributed by atoms with Crippen molar-refractivity contribution in [2.45, 2.75) is 32.8 Å². The van der Waals surface area contributed by atoms with Gasteiger partial charge in [0.1, 0.15) is 18.2 Å². The normalized spacial score (nSPS) is 13.7. The molecular formula is C26H27N5O3S. The van der Waals surface area contributed by atoms with Crippen LogP contribution in [0.25, 0.3) is 6.08 Å². The summed E-state index contributed by atoms with van der Waals surface area (Å²) in [7, 11) is 0. The van der Waals surface area contributed by atoms with Crippen LogP contribution >= 0.6 is 11.3 Å². The number of nitrogens with zero attached hydrogens (tertiary/aromatic N) is 4. The molecule has 8 nitrogen and oxygen atoms in total. The molecule has 3 aromatic rings. The number of hydrogen-bond donors (Lipinski definition) is 1. The highest BCUT2D eigenvalue weighted by Crippen LogP contribution is 2.31. The molecule has 180 valence electrons. The van der Waals surface area contributed by atoms with Gasteiger partial charge < -0.3 is 14.4 Å². The van der Waals surface area contributed by atoms with Gasteiger partial charge in [0.25, 0.3) is 5.91 Å². The van der Waals surface area contributed by atoms with Crippen LogP contribution in [-0.4, -0.2) is 35.8 Å². The summed E-state index contributed by atoms with van der Waals surface area (Å²) in [6.45, 7) is 4.64. The van der Waals surface area contributed by atoms with Crippen LogP contribution in [0.5, 0.6) is 11.5 Å². The first-order valence-electron chi connectivity index (χ1n) is 11.6. The zero-order valence-corrected chi connectivity index (χ0v) is 20.4. The summed E-state index contributed by atoms with van der Waals surface area (Å²) in [4.78, 5) is 14.9. The lowest BCUT2D eigenvalue weighted by atomic mass is 10.1. The van der Waals surface area contributed by atoms with Crippen LogP contribution in [0.1, 0.15) is 37.3 Å². The zero-order chi connectivity index (χ0) is 24.5. The van der Waals surface area contributed by atoms with Crippen LogP contribution in [0.2, 0.25) is 0 Å². The fourth-order valence-corrected chi connectivity index (χ4v) is 4.49. The topological polar surface area (TPSA) is 100 Å². The number of piperidine rings is 1. The smallest absolute Gasteiger partial charge is 0.268 e. The standard InChI is InChI=1S/C26H27N5O3S/c1-2-33-23-16-20(11-12-22(23)34-18-19-9-5-3-6-10-19)15-21(17-27)24(32)28-25-29-30-26(35-25)31-13-7-4-8-14-31/h3,5-6,9-12,15-16H,2,4,7-8,13-14,18H2,1H3,(H,28,29,32)/b21-15-. The largest absolute Gasteiger partial charge is 0.490 e. The molecule has 1 aromatic heterocycles. The van der Waals surface area contributed by atoms with E-state index in [1.807, 2.05) is 43.3 Å². The highest BCUT2D eigenvalue weighted by Gasteiger charge is 2.18. The number of nitriles is 1. The third-order valence-electron chi connectivity index (χ3n) is 5.44. The van der Waals surface area contributed by atoms with Crippen LogP contribution in [0.15, 0.2) is 54.1 Å². The number of aromatic nitrogens is 2. The fourth-order valence-electron chi connectivity index (χ4n) is 3.70. The van der Waals surface area contributed by atoms with E-state index in [9.17, 15) is 10.1 Å². The first-order chi connectivity index (χ1) is 17.2. The van der Waals surface area contributed by atoms with Crippen LogP contribution in [-0.2, 0) is 11.4 Å². The minimum atomic E-state index is -0.531. The summed E-state index contributed by atoms with van der Waals surface area (Å²) in [5.74, 6) is 0.608. The van der Waals surface area contributed by atoms with Gasteiger partial charge in [-0.15, -0.1) is 10.2 Å². The summed E-state index contributed by atoms with van der Waals surface area (Å²) < 4.78 is 11.7. The molecule has 0 atom stereocenters. The molecule has 0 spiro atoms. The predicted octanol–water partition coefficient (Wildman–Crippen LogP) is 5.05. The third-order valence-corrected chi connectivity index (χ3v) is 6.34. The van der Waals surface area contributed by atoms with Gasteiger partial charge in [0.15, 0.2) is 11.5 Å². The maximum absolute atomic E-state index is 12.7. The maximum Gasteiger partial charge on any atom is 0.268 e. The number of ether oxygens (including phenoxy) is 2. The number of benzene rings is 2. The Bertz CT molecular complexity index is 1210. The van der Waals surface area contributed by atoms with Crippen molar-refractivity contribution in [3.8, 4) is 17.6 Å².